The first-order valence-corrected chi connectivity index (χ1v) is 8.54. The van der Waals surface area contributed by atoms with Crippen LogP contribution in [0.3, 0.4) is 0 Å². The molecule has 0 bridgehead atoms. The molecule has 3 nitrogen and oxygen atoms in total. The number of anilines is 1. The molecule has 0 spiro atoms. The van der Waals surface area contributed by atoms with Gasteiger partial charge in [0.1, 0.15) is 12.1 Å². The SMILES string of the molecule is ClCC1CCCCC1CNc1ncnc2c1CCCC2. The van der Waals surface area contributed by atoms with E-state index in [0.717, 1.165) is 31.1 Å². The van der Waals surface area contributed by atoms with Crippen molar-refractivity contribution in [3.8, 4) is 0 Å². The quantitative estimate of drug-likeness (QED) is 0.858. The summed E-state index contributed by atoms with van der Waals surface area (Å²) in [5, 5.41) is 3.60. The van der Waals surface area contributed by atoms with Crippen LogP contribution >= 0.6 is 11.6 Å². The van der Waals surface area contributed by atoms with Crippen molar-refractivity contribution in [3.63, 3.8) is 0 Å². The van der Waals surface area contributed by atoms with Crippen molar-refractivity contribution < 1.29 is 0 Å². The van der Waals surface area contributed by atoms with E-state index in [0.29, 0.717) is 11.8 Å². The highest BCUT2D eigenvalue weighted by atomic mass is 35.5. The van der Waals surface area contributed by atoms with Gasteiger partial charge in [-0.1, -0.05) is 12.8 Å². The minimum absolute atomic E-state index is 0.676. The Kier molecular flexibility index (Phi) is 4.77. The molecule has 2 atom stereocenters. The fraction of sp³-hybridized carbons (Fsp3) is 0.750. The standard InChI is InChI=1S/C16H24ClN3/c17-9-12-5-1-2-6-13(12)10-18-16-14-7-3-4-8-15(14)19-11-20-16/h11-13H,1-10H2,(H,18,19,20). The lowest BCUT2D eigenvalue weighted by Gasteiger charge is -2.30. The first kappa shape index (κ1) is 14.1. The van der Waals surface area contributed by atoms with Gasteiger partial charge in [0.15, 0.2) is 0 Å². The Hall–Kier alpha value is -0.830. The molecule has 3 rings (SSSR count). The summed E-state index contributed by atoms with van der Waals surface area (Å²) >= 11 is 6.12. The minimum atomic E-state index is 0.676. The second-order valence-electron chi connectivity index (χ2n) is 6.19. The molecule has 1 N–H and O–H groups in total. The number of nitrogens with one attached hydrogen (secondary N) is 1. The average molecular weight is 294 g/mol. The summed E-state index contributed by atoms with van der Waals surface area (Å²) in [7, 11) is 0. The van der Waals surface area contributed by atoms with Crippen LogP contribution in [0, 0.1) is 11.8 Å². The predicted molar refractivity (Wildman–Crippen MR) is 83.3 cm³/mol. The summed E-state index contributed by atoms with van der Waals surface area (Å²) in [6.45, 7) is 1.01. The van der Waals surface area contributed by atoms with E-state index in [9.17, 15) is 0 Å². The number of hydrogen-bond acceptors (Lipinski definition) is 3. The lowest BCUT2D eigenvalue weighted by atomic mass is 9.80. The van der Waals surface area contributed by atoms with Crippen molar-refractivity contribution in [2.24, 2.45) is 11.8 Å². The Morgan fingerprint density at radius 2 is 1.85 bits per heavy atom. The molecule has 2 aliphatic rings. The van der Waals surface area contributed by atoms with E-state index in [1.54, 1.807) is 6.33 Å². The summed E-state index contributed by atoms with van der Waals surface area (Å²) in [6, 6.07) is 0. The second-order valence-corrected chi connectivity index (χ2v) is 6.50. The first-order valence-electron chi connectivity index (χ1n) is 8.01. The van der Waals surface area contributed by atoms with Crippen LogP contribution in [0.1, 0.15) is 49.8 Å². The predicted octanol–water partition coefficient (Wildman–Crippen LogP) is 3.81. The number of aromatic nitrogens is 2. The summed E-state index contributed by atoms with van der Waals surface area (Å²) < 4.78 is 0. The second kappa shape index (κ2) is 6.75. The molecule has 20 heavy (non-hydrogen) atoms. The van der Waals surface area contributed by atoms with Crippen molar-refractivity contribution in [1.29, 1.82) is 0 Å². The van der Waals surface area contributed by atoms with Gasteiger partial charge in [-0.25, -0.2) is 9.97 Å². The van der Waals surface area contributed by atoms with Gasteiger partial charge in [-0.2, -0.15) is 0 Å². The number of halogens is 1. The average Bonchev–Trinajstić information content (AvgIpc) is 2.53. The minimum Gasteiger partial charge on any atom is -0.369 e. The lowest BCUT2D eigenvalue weighted by Crippen LogP contribution is -2.28. The Balaban J connectivity index is 1.66. The third-order valence-corrected chi connectivity index (χ3v) is 5.32. The molecule has 1 aromatic rings. The van der Waals surface area contributed by atoms with Gasteiger partial charge < -0.3 is 5.32 Å². The molecule has 1 fully saturated rings. The monoisotopic (exact) mass is 293 g/mol. The molecule has 0 saturated heterocycles. The van der Waals surface area contributed by atoms with Crippen LogP contribution in [-0.2, 0) is 12.8 Å². The highest BCUT2D eigenvalue weighted by Gasteiger charge is 2.24. The number of nitrogens with zero attached hydrogens (tertiary/aromatic N) is 2. The Morgan fingerprint density at radius 1 is 1.05 bits per heavy atom. The van der Waals surface area contributed by atoms with Crippen molar-refractivity contribution in [1.82, 2.24) is 9.97 Å². The third kappa shape index (κ3) is 3.08. The molecule has 0 aliphatic heterocycles. The fourth-order valence-corrected chi connectivity index (χ4v) is 4.06. The van der Waals surface area contributed by atoms with Gasteiger partial charge >= 0.3 is 0 Å². The van der Waals surface area contributed by atoms with E-state index < -0.39 is 0 Å². The maximum atomic E-state index is 6.12. The fourth-order valence-electron chi connectivity index (χ4n) is 3.66. The van der Waals surface area contributed by atoms with Gasteiger partial charge in [0.25, 0.3) is 0 Å². The molecule has 0 radical (unpaired) electrons. The molecular formula is C16H24ClN3. The van der Waals surface area contributed by atoms with Crippen LogP contribution in [0.25, 0.3) is 0 Å². The molecule has 2 aliphatic carbocycles. The zero-order valence-electron chi connectivity index (χ0n) is 12.1. The van der Waals surface area contributed by atoms with Crippen molar-refractivity contribution in [2.75, 3.05) is 17.7 Å². The van der Waals surface area contributed by atoms with E-state index in [2.05, 4.69) is 15.3 Å². The van der Waals surface area contributed by atoms with Gasteiger partial charge in [0.2, 0.25) is 0 Å². The molecule has 1 saturated carbocycles. The number of fused-ring (bicyclic) bond motifs is 1. The summed E-state index contributed by atoms with van der Waals surface area (Å²) in [4.78, 5) is 8.91. The first-order chi connectivity index (χ1) is 9.88. The Labute approximate surface area is 126 Å². The highest BCUT2D eigenvalue weighted by molar-refractivity contribution is 6.18. The topological polar surface area (TPSA) is 37.8 Å². The van der Waals surface area contributed by atoms with E-state index in [1.165, 1.54) is 49.8 Å². The molecule has 1 heterocycles. The van der Waals surface area contributed by atoms with E-state index in [1.807, 2.05) is 0 Å². The molecule has 110 valence electrons. The van der Waals surface area contributed by atoms with Gasteiger partial charge in [-0.15, -0.1) is 11.6 Å². The van der Waals surface area contributed by atoms with Gasteiger partial charge in [0, 0.05) is 23.7 Å². The normalized spacial score (nSPS) is 26.1. The van der Waals surface area contributed by atoms with Gasteiger partial charge in [-0.3, -0.25) is 0 Å². The van der Waals surface area contributed by atoms with E-state index in [-0.39, 0.29) is 0 Å². The van der Waals surface area contributed by atoms with Gasteiger partial charge in [-0.05, 0) is 50.4 Å². The zero-order valence-corrected chi connectivity index (χ0v) is 12.8. The lowest BCUT2D eigenvalue weighted by molar-refractivity contribution is 0.272. The molecule has 0 amide bonds. The highest BCUT2D eigenvalue weighted by Crippen LogP contribution is 2.32. The summed E-state index contributed by atoms with van der Waals surface area (Å²) in [6.07, 6.45) is 11.8. The maximum absolute atomic E-state index is 6.12. The number of aryl methyl sites for hydroxylation is 1. The number of alkyl halides is 1. The van der Waals surface area contributed by atoms with Crippen molar-refractivity contribution >= 4 is 17.4 Å². The molecule has 4 heteroatoms. The summed E-state index contributed by atoms with van der Waals surface area (Å²) in [5.74, 6) is 3.26. The smallest absolute Gasteiger partial charge is 0.132 e. The summed E-state index contributed by atoms with van der Waals surface area (Å²) in [5.41, 5.74) is 2.61. The molecule has 0 aromatic carbocycles. The third-order valence-electron chi connectivity index (χ3n) is 4.92. The van der Waals surface area contributed by atoms with E-state index in [4.69, 9.17) is 11.6 Å². The van der Waals surface area contributed by atoms with Crippen LogP contribution < -0.4 is 5.32 Å². The Morgan fingerprint density at radius 3 is 2.70 bits per heavy atom. The zero-order chi connectivity index (χ0) is 13.8. The van der Waals surface area contributed by atoms with Crippen LogP contribution in [0.5, 0.6) is 0 Å². The van der Waals surface area contributed by atoms with Crippen LogP contribution in [0.2, 0.25) is 0 Å². The van der Waals surface area contributed by atoms with Crippen LogP contribution in [0.15, 0.2) is 6.33 Å². The van der Waals surface area contributed by atoms with E-state index >= 15 is 0 Å². The molecule has 2 unspecified atom stereocenters. The van der Waals surface area contributed by atoms with Gasteiger partial charge in [0.05, 0.1) is 0 Å². The van der Waals surface area contributed by atoms with Crippen molar-refractivity contribution in [2.45, 2.75) is 51.4 Å². The Bertz CT molecular complexity index is 449. The molecule has 1 aromatic heterocycles. The van der Waals surface area contributed by atoms with Crippen molar-refractivity contribution in [3.05, 3.63) is 17.6 Å². The molecular weight excluding hydrogens is 270 g/mol. The number of rotatable bonds is 4. The van der Waals surface area contributed by atoms with Crippen LogP contribution in [0.4, 0.5) is 5.82 Å². The number of hydrogen-bond donors (Lipinski definition) is 1. The largest absolute Gasteiger partial charge is 0.369 e. The maximum Gasteiger partial charge on any atom is 0.132 e. The van der Waals surface area contributed by atoms with Crippen LogP contribution in [-0.4, -0.2) is 22.4 Å².